The number of carbonyl (C=O) groups excluding carboxylic acids is 2. The first-order valence-electron chi connectivity index (χ1n) is 8.79. The molecule has 0 spiro atoms. The van der Waals surface area contributed by atoms with Gasteiger partial charge in [-0.25, -0.2) is 9.78 Å². The Morgan fingerprint density at radius 3 is 2.71 bits per heavy atom. The normalized spacial score (nSPS) is 11.0. The average molecular weight is 385 g/mol. The van der Waals surface area contributed by atoms with Crippen LogP contribution in [0.5, 0.6) is 0 Å². The predicted molar refractivity (Wildman–Crippen MR) is 104 cm³/mol. The maximum absolute atomic E-state index is 12.7. The molecule has 0 atom stereocenters. The quantitative estimate of drug-likeness (QED) is 0.497. The number of fused-ring (bicyclic) bond motifs is 1. The van der Waals surface area contributed by atoms with E-state index in [1.54, 1.807) is 24.7 Å². The molecule has 0 aliphatic heterocycles. The van der Waals surface area contributed by atoms with E-state index in [-0.39, 0.29) is 12.5 Å². The highest BCUT2D eigenvalue weighted by Crippen LogP contribution is 2.22. The molecule has 3 heterocycles. The summed E-state index contributed by atoms with van der Waals surface area (Å²) >= 11 is 0. The van der Waals surface area contributed by atoms with Crippen molar-refractivity contribution in [1.82, 2.24) is 19.7 Å². The number of aryl methyl sites for hydroxylation is 3. The molecular weight excluding hydrogens is 362 g/mol. The predicted octanol–water partition coefficient (Wildman–Crippen LogP) is 2.28. The van der Waals surface area contributed by atoms with Crippen molar-refractivity contribution in [2.24, 2.45) is 7.05 Å². The summed E-state index contributed by atoms with van der Waals surface area (Å²) in [6, 6.07) is 1.83. The molecule has 0 unspecified atom stereocenters. The van der Waals surface area contributed by atoms with Crippen LogP contribution in [0.15, 0.2) is 12.3 Å². The fourth-order valence-electron chi connectivity index (χ4n) is 3.14. The molecule has 0 bridgehead atoms. The summed E-state index contributed by atoms with van der Waals surface area (Å²) in [4.78, 5) is 32.4. The number of esters is 1. The van der Waals surface area contributed by atoms with E-state index >= 15 is 0 Å². The molecule has 0 fully saturated rings. The average Bonchev–Trinajstić information content (AvgIpc) is 3.10. The Kier molecular flexibility index (Phi) is 5.46. The number of amides is 1. The van der Waals surface area contributed by atoms with Gasteiger partial charge in [-0.15, -0.1) is 0 Å². The molecule has 148 valence electrons. The third kappa shape index (κ3) is 3.61. The van der Waals surface area contributed by atoms with Gasteiger partial charge in [0.05, 0.1) is 29.7 Å². The fourth-order valence-corrected chi connectivity index (χ4v) is 3.14. The first kappa shape index (κ1) is 19.6. The minimum absolute atomic E-state index is 0.150. The Balaban J connectivity index is 1.82. The minimum Gasteiger partial charge on any atom is -0.460 e. The first-order chi connectivity index (χ1) is 13.3. The molecule has 28 heavy (non-hydrogen) atoms. The number of aromatic amines is 1. The number of aromatic nitrogens is 4. The SMILES string of the molecule is COCCOC(=O)c1c(C)[nH]c(C(=O)Nc2cnc3c(c2)c(C)nn3C)c1C. The van der Waals surface area contributed by atoms with Crippen molar-refractivity contribution in [2.75, 3.05) is 25.6 Å². The number of carbonyl (C=O) groups is 2. The summed E-state index contributed by atoms with van der Waals surface area (Å²) in [6.07, 6.45) is 1.58. The van der Waals surface area contributed by atoms with E-state index in [1.807, 2.05) is 20.0 Å². The molecule has 0 radical (unpaired) electrons. The maximum Gasteiger partial charge on any atom is 0.340 e. The van der Waals surface area contributed by atoms with Crippen LogP contribution in [0, 0.1) is 20.8 Å². The lowest BCUT2D eigenvalue weighted by Gasteiger charge is -2.06. The Morgan fingerprint density at radius 2 is 2.00 bits per heavy atom. The summed E-state index contributed by atoms with van der Waals surface area (Å²) in [7, 11) is 3.35. The standard InChI is InChI=1S/C19H23N5O4/c1-10-15(19(26)28-7-6-27-5)12(3)21-16(10)18(25)22-13-8-14-11(2)23-24(4)17(14)20-9-13/h8-9,21H,6-7H2,1-5H3,(H,22,25). The Bertz CT molecular complexity index is 1050. The van der Waals surface area contributed by atoms with Crippen molar-refractivity contribution in [1.29, 1.82) is 0 Å². The van der Waals surface area contributed by atoms with Gasteiger partial charge in [0.25, 0.3) is 5.91 Å². The van der Waals surface area contributed by atoms with Crippen LogP contribution in [0.2, 0.25) is 0 Å². The fraction of sp³-hybridized carbons (Fsp3) is 0.368. The maximum atomic E-state index is 12.7. The van der Waals surface area contributed by atoms with Gasteiger partial charge < -0.3 is 19.8 Å². The summed E-state index contributed by atoms with van der Waals surface area (Å²) in [5.74, 6) is -0.851. The number of hydrogen-bond donors (Lipinski definition) is 2. The minimum atomic E-state index is -0.489. The first-order valence-corrected chi connectivity index (χ1v) is 8.79. The second kappa shape index (κ2) is 7.81. The number of ether oxygens (including phenoxy) is 2. The zero-order valence-electron chi connectivity index (χ0n) is 16.5. The van der Waals surface area contributed by atoms with Gasteiger partial charge in [-0.05, 0) is 32.4 Å². The second-order valence-electron chi connectivity index (χ2n) is 6.51. The lowest BCUT2D eigenvalue weighted by atomic mass is 10.1. The van der Waals surface area contributed by atoms with Crippen molar-refractivity contribution in [3.8, 4) is 0 Å². The highest BCUT2D eigenvalue weighted by atomic mass is 16.6. The molecule has 0 aliphatic carbocycles. The second-order valence-corrected chi connectivity index (χ2v) is 6.51. The lowest BCUT2D eigenvalue weighted by Crippen LogP contribution is -2.15. The van der Waals surface area contributed by atoms with Gasteiger partial charge in [-0.3, -0.25) is 9.48 Å². The van der Waals surface area contributed by atoms with Crippen LogP contribution in [0.1, 0.15) is 37.8 Å². The zero-order valence-corrected chi connectivity index (χ0v) is 16.5. The van der Waals surface area contributed by atoms with E-state index in [9.17, 15) is 9.59 Å². The smallest absolute Gasteiger partial charge is 0.340 e. The van der Waals surface area contributed by atoms with Gasteiger partial charge in [-0.2, -0.15) is 5.10 Å². The summed E-state index contributed by atoms with van der Waals surface area (Å²) in [5.41, 5.74) is 3.88. The van der Waals surface area contributed by atoms with Crippen molar-refractivity contribution in [2.45, 2.75) is 20.8 Å². The number of pyridine rings is 1. The molecule has 9 nitrogen and oxygen atoms in total. The number of nitrogens with zero attached hydrogens (tertiary/aromatic N) is 3. The molecule has 0 aliphatic rings. The topological polar surface area (TPSA) is 111 Å². The molecular formula is C19H23N5O4. The largest absolute Gasteiger partial charge is 0.460 e. The number of nitrogens with one attached hydrogen (secondary N) is 2. The lowest BCUT2D eigenvalue weighted by molar-refractivity contribution is 0.0387. The molecule has 3 rings (SSSR count). The third-order valence-corrected chi connectivity index (χ3v) is 4.51. The van der Waals surface area contributed by atoms with Gasteiger partial charge in [0.15, 0.2) is 5.65 Å². The zero-order chi connectivity index (χ0) is 20.4. The summed E-state index contributed by atoms with van der Waals surface area (Å²) in [5, 5.41) is 8.00. The van der Waals surface area contributed by atoms with Crippen molar-refractivity contribution in [3.05, 3.63) is 40.5 Å². The van der Waals surface area contributed by atoms with Crippen LogP contribution in [0.4, 0.5) is 5.69 Å². The Hall–Kier alpha value is -3.20. The molecule has 9 heteroatoms. The van der Waals surface area contributed by atoms with Crippen molar-refractivity contribution in [3.63, 3.8) is 0 Å². The molecule has 3 aromatic rings. The molecule has 0 aromatic carbocycles. The van der Waals surface area contributed by atoms with Crippen LogP contribution in [0.3, 0.4) is 0 Å². The van der Waals surface area contributed by atoms with Crippen LogP contribution in [0.25, 0.3) is 11.0 Å². The monoisotopic (exact) mass is 385 g/mol. The molecule has 0 saturated heterocycles. The van der Waals surface area contributed by atoms with Crippen molar-refractivity contribution < 1.29 is 19.1 Å². The van der Waals surface area contributed by atoms with Crippen LogP contribution in [-0.2, 0) is 16.5 Å². The number of rotatable bonds is 6. The molecule has 2 N–H and O–H groups in total. The van der Waals surface area contributed by atoms with Crippen LogP contribution < -0.4 is 5.32 Å². The van der Waals surface area contributed by atoms with E-state index in [0.29, 0.717) is 34.8 Å². The number of anilines is 1. The number of hydrogen-bond acceptors (Lipinski definition) is 6. The van der Waals surface area contributed by atoms with Crippen LogP contribution in [-0.4, -0.2) is 51.9 Å². The molecule has 1 amide bonds. The van der Waals surface area contributed by atoms with E-state index in [0.717, 1.165) is 16.7 Å². The van der Waals surface area contributed by atoms with Gasteiger partial charge in [0.1, 0.15) is 12.3 Å². The van der Waals surface area contributed by atoms with Crippen LogP contribution >= 0.6 is 0 Å². The van der Waals surface area contributed by atoms with Gasteiger partial charge in [-0.1, -0.05) is 0 Å². The summed E-state index contributed by atoms with van der Waals surface area (Å²) in [6.45, 7) is 5.78. The van der Waals surface area contributed by atoms with Gasteiger partial charge in [0.2, 0.25) is 0 Å². The van der Waals surface area contributed by atoms with Gasteiger partial charge in [0, 0.05) is 25.2 Å². The van der Waals surface area contributed by atoms with E-state index < -0.39 is 5.97 Å². The summed E-state index contributed by atoms with van der Waals surface area (Å²) < 4.78 is 11.7. The number of H-pyrrole nitrogens is 1. The molecule has 0 saturated carbocycles. The van der Waals surface area contributed by atoms with E-state index in [1.165, 1.54) is 7.11 Å². The highest BCUT2D eigenvalue weighted by Gasteiger charge is 2.23. The Morgan fingerprint density at radius 1 is 1.25 bits per heavy atom. The Labute approximate surface area is 162 Å². The number of methoxy groups -OCH3 is 1. The van der Waals surface area contributed by atoms with Crippen molar-refractivity contribution >= 4 is 28.6 Å². The highest BCUT2D eigenvalue weighted by molar-refractivity contribution is 6.07. The molecule has 3 aromatic heterocycles. The van der Waals surface area contributed by atoms with Gasteiger partial charge >= 0.3 is 5.97 Å². The van der Waals surface area contributed by atoms with E-state index in [4.69, 9.17) is 9.47 Å². The third-order valence-electron chi connectivity index (χ3n) is 4.51. The van der Waals surface area contributed by atoms with E-state index in [2.05, 4.69) is 20.4 Å².